The number of carbonyl (C=O) groups excluding carboxylic acids is 1. The molecule has 0 heterocycles. The largest absolute Gasteiger partial charge is 0.481 e. The van der Waals surface area contributed by atoms with E-state index in [0.29, 0.717) is 5.69 Å². The Labute approximate surface area is 125 Å². The van der Waals surface area contributed by atoms with E-state index >= 15 is 0 Å². The van der Waals surface area contributed by atoms with Gasteiger partial charge in [-0.1, -0.05) is 36.4 Å². The Morgan fingerprint density at radius 2 is 1.68 bits per heavy atom. The fourth-order valence-electron chi connectivity index (χ4n) is 2.01. The van der Waals surface area contributed by atoms with E-state index in [-0.39, 0.29) is 0 Å². The van der Waals surface area contributed by atoms with Crippen molar-refractivity contribution in [3.63, 3.8) is 0 Å². The average molecular weight is 299 g/mol. The number of nitrogens with one attached hydrogen (secondary N) is 1. The van der Waals surface area contributed by atoms with E-state index in [0.717, 1.165) is 16.8 Å². The van der Waals surface area contributed by atoms with Gasteiger partial charge in [-0.3, -0.25) is 9.59 Å². The minimum atomic E-state index is -1.43. The predicted molar refractivity (Wildman–Crippen MR) is 80.5 cm³/mol. The monoisotopic (exact) mass is 299 g/mol. The molecule has 112 valence electrons. The molecule has 0 saturated carbocycles. The van der Waals surface area contributed by atoms with Gasteiger partial charge >= 0.3 is 11.9 Å². The third-order valence-corrected chi connectivity index (χ3v) is 2.97. The molecule has 6 heteroatoms. The molecule has 0 aliphatic heterocycles. The van der Waals surface area contributed by atoms with E-state index in [1.54, 1.807) is 12.1 Å². The Kier molecular flexibility index (Phi) is 4.53. The molecule has 0 aliphatic rings. The van der Waals surface area contributed by atoms with Gasteiger partial charge in [0, 0.05) is 17.1 Å². The molecule has 2 rings (SSSR count). The Morgan fingerprint density at radius 3 is 2.36 bits per heavy atom. The number of anilines is 1. The van der Waals surface area contributed by atoms with Crippen LogP contribution < -0.4 is 5.32 Å². The Bertz CT molecular complexity index is 774. The summed E-state index contributed by atoms with van der Waals surface area (Å²) in [4.78, 5) is 33.4. The van der Waals surface area contributed by atoms with Crippen LogP contribution >= 0.6 is 0 Å². The molecule has 0 bridgehead atoms. The lowest BCUT2D eigenvalue weighted by atomic mass is 10.1. The lowest BCUT2D eigenvalue weighted by Gasteiger charge is -2.07. The summed E-state index contributed by atoms with van der Waals surface area (Å²) in [7, 11) is 0. The number of carbonyl (C=O) groups is 3. The highest BCUT2D eigenvalue weighted by molar-refractivity contribution is 6.09. The summed E-state index contributed by atoms with van der Waals surface area (Å²) in [6, 6.07) is 12.7. The first-order valence-corrected chi connectivity index (χ1v) is 6.42. The Balaban J connectivity index is 2.27. The first-order valence-electron chi connectivity index (χ1n) is 6.42. The number of aliphatic carboxylic acids is 2. The van der Waals surface area contributed by atoms with Crippen LogP contribution in [-0.2, 0) is 14.4 Å². The quantitative estimate of drug-likeness (QED) is 0.735. The van der Waals surface area contributed by atoms with E-state index < -0.39 is 29.8 Å². The van der Waals surface area contributed by atoms with Crippen LogP contribution in [0.1, 0.15) is 6.42 Å². The molecule has 0 atom stereocenters. The maximum atomic E-state index is 11.9. The summed E-state index contributed by atoms with van der Waals surface area (Å²) in [5, 5.41) is 21.8. The number of fused-ring (bicyclic) bond motifs is 1. The normalized spacial score (nSPS) is 11.2. The van der Waals surface area contributed by atoms with Gasteiger partial charge in [0.2, 0.25) is 5.91 Å². The van der Waals surface area contributed by atoms with Gasteiger partial charge in [-0.15, -0.1) is 0 Å². The lowest BCUT2D eigenvalue weighted by Crippen LogP contribution is -2.14. The van der Waals surface area contributed by atoms with Crippen LogP contribution in [0.3, 0.4) is 0 Å². The summed E-state index contributed by atoms with van der Waals surface area (Å²) in [6.07, 6.45) is 0.0660. The maximum absolute atomic E-state index is 11.9. The van der Waals surface area contributed by atoms with Gasteiger partial charge in [-0.05, 0) is 11.5 Å². The zero-order valence-electron chi connectivity index (χ0n) is 11.4. The smallest absolute Gasteiger partial charge is 0.332 e. The number of carboxylic acids is 2. The van der Waals surface area contributed by atoms with Gasteiger partial charge < -0.3 is 15.5 Å². The molecule has 0 radical (unpaired) electrons. The number of carboxylic acid groups (broad SMARTS) is 2. The van der Waals surface area contributed by atoms with Crippen LogP contribution in [-0.4, -0.2) is 28.1 Å². The lowest BCUT2D eigenvalue weighted by molar-refractivity contribution is -0.139. The zero-order chi connectivity index (χ0) is 16.1. The Hall–Kier alpha value is -3.15. The van der Waals surface area contributed by atoms with Gasteiger partial charge in [-0.25, -0.2) is 4.79 Å². The first kappa shape index (κ1) is 15.2. The number of hydrogen-bond donors (Lipinski definition) is 3. The van der Waals surface area contributed by atoms with Crippen LogP contribution in [0.25, 0.3) is 10.8 Å². The fraction of sp³-hybridized carbons (Fsp3) is 0.0625. The highest BCUT2D eigenvalue weighted by Gasteiger charge is 2.14. The van der Waals surface area contributed by atoms with E-state index in [9.17, 15) is 14.4 Å². The highest BCUT2D eigenvalue weighted by Crippen LogP contribution is 2.23. The van der Waals surface area contributed by atoms with Crippen molar-refractivity contribution in [3.8, 4) is 0 Å². The van der Waals surface area contributed by atoms with Crippen LogP contribution in [0.5, 0.6) is 0 Å². The van der Waals surface area contributed by atoms with Gasteiger partial charge in [0.1, 0.15) is 0 Å². The highest BCUT2D eigenvalue weighted by atomic mass is 16.4. The zero-order valence-corrected chi connectivity index (χ0v) is 11.4. The summed E-state index contributed by atoms with van der Waals surface area (Å²) in [5.41, 5.74) is 0.0460. The van der Waals surface area contributed by atoms with Crippen molar-refractivity contribution in [1.82, 2.24) is 0 Å². The SMILES string of the molecule is O=C(O)CC(=CC(=O)Nc1cccc2ccccc12)C(=O)O. The van der Waals surface area contributed by atoms with E-state index in [1.807, 2.05) is 30.3 Å². The van der Waals surface area contributed by atoms with Crippen molar-refractivity contribution >= 4 is 34.3 Å². The van der Waals surface area contributed by atoms with Crippen LogP contribution in [0, 0.1) is 0 Å². The van der Waals surface area contributed by atoms with Crippen LogP contribution in [0.15, 0.2) is 54.1 Å². The number of rotatable bonds is 5. The van der Waals surface area contributed by atoms with Crippen LogP contribution in [0.2, 0.25) is 0 Å². The van der Waals surface area contributed by atoms with Crippen molar-refractivity contribution in [2.45, 2.75) is 6.42 Å². The van der Waals surface area contributed by atoms with E-state index in [1.165, 1.54) is 0 Å². The maximum Gasteiger partial charge on any atom is 0.332 e. The van der Waals surface area contributed by atoms with Crippen LogP contribution in [0.4, 0.5) is 5.69 Å². The number of hydrogen-bond acceptors (Lipinski definition) is 3. The topological polar surface area (TPSA) is 104 Å². The molecule has 0 aliphatic carbocycles. The van der Waals surface area contributed by atoms with Crippen molar-refractivity contribution in [3.05, 3.63) is 54.1 Å². The number of benzene rings is 2. The molecule has 0 unspecified atom stereocenters. The predicted octanol–water partition coefficient (Wildman–Crippen LogP) is 2.26. The number of amides is 1. The molecule has 2 aromatic rings. The molecule has 6 nitrogen and oxygen atoms in total. The molecule has 22 heavy (non-hydrogen) atoms. The Morgan fingerprint density at radius 1 is 1.00 bits per heavy atom. The molecule has 0 saturated heterocycles. The summed E-state index contributed by atoms with van der Waals surface area (Å²) >= 11 is 0. The minimum Gasteiger partial charge on any atom is -0.481 e. The van der Waals surface area contributed by atoms with Gasteiger partial charge in [0.25, 0.3) is 0 Å². The molecular formula is C16H13NO5. The molecular weight excluding hydrogens is 286 g/mol. The second-order valence-electron chi connectivity index (χ2n) is 4.56. The fourth-order valence-corrected chi connectivity index (χ4v) is 2.01. The first-order chi connectivity index (χ1) is 10.5. The molecule has 0 spiro atoms. The van der Waals surface area contributed by atoms with Crippen molar-refractivity contribution in [2.75, 3.05) is 5.32 Å². The third-order valence-electron chi connectivity index (χ3n) is 2.97. The standard InChI is InChI=1S/C16H13NO5/c18-14(8-11(16(21)22)9-15(19)20)17-13-7-3-5-10-4-1-2-6-12(10)13/h1-8H,9H2,(H,17,18)(H,19,20)(H,21,22). The van der Waals surface area contributed by atoms with Crippen molar-refractivity contribution in [1.29, 1.82) is 0 Å². The average Bonchev–Trinajstić information content (AvgIpc) is 2.46. The molecule has 3 N–H and O–H groups in total. The molecule has 1 amide bonds. The summed E-state index contributed by atoms with van der Waals surface area (Å²) < 4.78 is 0. The molecule has 0 fully saturated rings. The van der Waals surface area contributed by atoms with Gasteiger partial charge in [-0.2, -0.15) is 0 Å². The minimum absolute atomic E-state index is 0.481. The second-order valence-corrected chi connectivity index (χ2v) is 4.56. The molecule has 2 aromatic carbocycles. The van der Waals surface area contributed by atoms with Crippen molar-refractivity contribution in [2.24, 2.45) is 0 Å². The third kappa shape index (κ3) is 3.69. The van der Waals surface area contributed by atoms with E-state index in [2.05, 4.69) is 5.32 Å². The molecule has 0 aromatic heterocycles. The van der Waals surface area contributed by atoms with Gasteiger partial charge in [0.05, 0.1) is 12.0 Å². The van der Waals surface area contributed by atoms with Gasteiger partial charge in [0.15, 0.2) is 0 Å². The summed E-state index contributed by atoms with van der Waals surface area (Å²) in [5.74, 6) is -3.43. The van der Waals surface area contributed by atoms with Crippen molar-refractivity contribution < 1.29 is 24.6 Å². The summed E-state index contributed by atoms with van der Waals surface area (Å²) in [6.45, 7) is 0. The van der Waals surface area contributed by atoms with E-state index in [4.69, 9.17) is 10.2 Å². The second kappa shape index (κ2) is 6.53.